The van der Waals surface area contributed by atoms with E-state index in [4.69, 9.17) is 10.00 Å². The average molecular weight is 491 g/mol. The Kier molecular flexibility index (Phi) is 11.2. The molecule has 0 radical (unpaired) electrons. The quantitative estimate of drug-likeness (QED) is 0.319. The molecule has 3 rings (SSSR count). The molecule has 0 saturated carbocycles. The van der Waals surface area contributed by atoms with E-state index in [-0.39, 0.29) is 18.0 Å². The third-order valence-electron chi connectivity index (χ3n) is 7.21. The third-order valence-corrected chi connectivity index (χ3v) is 7.21. The molecule has 1 saturated heterocycles. The van der Waals surface area contributed by atoms with Crippen LogP contribution in [-0.4, -0.2) is 30.8 Å². The molecule has 6 heteroatoms. The molecule has 0 amide bonds. The van der Waals surface area contributed by atoms with Crippen molar-refractivity contribution in [3.63, 3.8) is 0 Å². The minimum atomic E-state index is -0.257. The lowest BCUT2D eigenvalue weighted by Gasteiger charge is -2.45. The van der Waals surface area contributed by atoms with Crippen molar-refractivity contribution in [1.29, 1.82) is 10.5 Å². The van der Waals surface area contributed by atoms with Gasteiger partial charge in [0.1, 0.15) is 11.6 Å². The van der Waals surface area contributed by atoms with Crippen molar-refractivity contribution in [2.75, 3.05) is 19.7 Å². The number of halogens is 1. The lowest BCUT2D eigenvalue weighted by atomic mass is 9.87. The normalized spacial score (nSPS) is 18.8. The molecule has 5 nitrogen and oxygen atoms in total. The van der Waals surface area contributed by atoms with E-state index in [1.54, 1.807) is 12.1 Å². The topological polar surface area (TPSA) is 72.1 Å². The summed E-state index contributed by atoms with van der Waals surface area (Å²) in [4.78, 5) is 2.59. The van der Waals surface area contributed by atoms with Crippen LogP contribution in [0.5, 0.6) is 5.75 Å². The number of nitrogens with one attached hydrogen (secondary N) is 1. The van der Waals surface area contributed by atoms with Gasteiger partial charge in [-0.05, 0) is 80.0 Å². The molecule has 1 aliphatic rings. The van der Waals surface area contributed by atoms with Crippen LogP contribution in [0.2, 0.25) is 0 Å². The Morgan fingerprint density at radius 1 is 1.17 bits per heavy atom. The summed E-state index contributed by atoms with van der Waals surface area (Å²) in [6, 6.07) is 17.3. The lowest BCUT2D eigenvalue weighted by Crippen LogP contribution is -2.52. The number of benzene rings is 2. The van der Waals surface area contributed by atoms with Crippen LogP contribution >= 0.6 is 0 Å². The van der Waals surface area contributed by atoms with Crippen molar-refractivity contribution in [1.82, 2.24) is 10.2 Å². The molecule has 2 aromatic carbocycles. The smallest absolute Gasteiger partial charge is 0.123 e. The van der Waals surface area contributed by atoms with Crippen molar-refractivity contribution in [3.05, 3.63) is 65.0 Å². The number of hydrogen-bond donors (Lipinski definition) is 1. The number of nitrogens with zero attached hydrogens (tertiary/aromatic N) is 3. The van der Waals surface area contributed by atoms with Crippen LogP contribution in [0.3, 0.4) is 0 Å². The number of hydrogen-bond acceptors (Lipinski definition) is 5. The van der Waals surface area contributed by atoms with Gasteiger partial charge in [-0.3, -0.25) is 4.90 Å². The fourth-order valence-electron chi connectivity index (χ4n) is 5.19. The van der Waals surface area contributed by atoms with E-state index in [1.807, 2.05) is 13.0 Å². The zero-order valence-corrected chi connectivity index (χ0v) is 21.7. The van der Waals surface area contributed by atoms with Crippen LogP contribution in [0, 0.1) is 41.3 Å². The van der Waals surface area contributed by atoms with Gasteiger partial charge in [0.2, 0.25) is 0 Å². The first-order valence-corrected chi connectivity index (χ1v) is 13.3. The zero-order chi connectivity index (χ0) is 25.8. The molecule has 36 heavy (non-hydrogen) atoms. The number of nitriles is 2. The Morgan fingerprint density at radius 3 is 2.67 bits per heavy atom. The van der Waals surface area contributed by atoms with Gasteiger partial charge in [-0.2, -0.15) is 10.5 Å². The van der Waals surface area contributed by atoms with Crippen LogP contribution in [0.4, 0.5) is 4.39 Å². The van der Waals surface area contributed by atoms with E-state index in [2.05, 4.69) is 41.4 Å². The fraction of sp³-hybridized carbons (Fsp3) is 0.533. The minimum absolute atomic E-state index is 0.186. The lowest BCUT2D eigenvalue weighted by molar-refractivity contribution is 0.0370. The molecule has 1 fully saturated rings. The number of ether oxygens (including phenoxy) is 1. The molecule has 1 N–H and O–H groups in total. The molecule has 1 heterocycles. The maximum Gasteiger partial charge on any atom is 0.123 e. The first kappa shape index (κ1) is 27.7. The number of aryl methyl sites for hydroxylation is 1. The fourth-order valence-corrected chi connectivity index (χ4v) is 5.19. The molecule has 0 aromatic heterocycles. The first-order valence-electron chi connectivity index (χ1n) is 13.3. The van der Waals surface area contributed by atoms with Crippen molar-refractivity contribution < 1.29 is 9.13 Å². The molecule has 3 unspecified atom stereocenters. The standard InChI is InChI=1S/C30H39FN4O/c1-3-4-5-7-29(25-8-9-26(22-33)23(2)20-25)35-18-14-24(21-30(35)34-17-6-16-32)15-19-36-28-12-10-27(31)11-13-28/h8-13,20,24,29-30,34H,3-7,14-15,17-19,21H2,1-2H3. The summed E-state index contributed by atoms with van der Waals surface area (Å²) < 4.78 is 19.0. The van der Waals surface area contributed by atoms with Gasteiger partial charge in [0, 0.05) is 25.6 Å². The molecular formula is C30H39FN4O. The molecule has 3 atom stereocenters. The molecule has 2 aromatic rings. The monoisotopic (exact) mass is 490 g/mol. The largest absolute Gasteiger partial charge is 0.494 e. The van der Waals surface area contributed by atoms with Crippen molar-refractivity contribution in [3.8, 4) is 17.9 Å². The average Bonchev–Trinajstić information content (AvgIpc) is 2.88. The Hall–Kier alpha value is -2.93. The SMILES string of the molecule is CCCCCC(c1ccc(C#N)c(C)c1)N1CCC(CCOc2ccc(F)cc2)CC1NCCC#N. The van der Waals surface area contributed by atoms with Gasteiger partial charge in [-0.15, -0.1) is 0 Å². The minimum Gasteiger partial charge on any atom is -0.494 e. The third kappa shape index (κ3) is 8.05. The molecule has 0 spiro atoms. The second-order valence-electron chi connectivity index (χ2n) is 9.80. The van der Waals surface area contributed by atoms with Gasteiger partial charge in [0.15, 0.2) is 0 Å². The molecule has 192 valence electrons. The van der Waals surface area contributed by atoms with Crippen molar-refractivity contribution >= 4 is 0 Å². The summed E-state index contributed by atoms with van der Waals surface area (Å²) in [6.45, 7) is 6.50. The molecule has 1 aliphatic heterocycles. The predicted octanol–water partition coefficient (Wildman–Crippen LogP) is 6.64. The van der Waals surface area contributed by atoms with Crippen molar-refractivity contribution in [2.24, 2.45) is 5.92 Å². The predicted molar refractivity (Wildman–Crippen MR) is 141 cm³/mol. The Bertz CT molecular complexity index is 1030. The Labute approximate surface area is 215 Å². The summed E-state index contributed by atoms with van der Waals surface area (Å²) in [7, 11) is 0. The van der Waals surface area contributed by atoms with Gasteiger partial charge < -0.3 is 10.1 Å². The molecular weight excluding hydrogens is 451 g/mol. The van der Waals surface area contributed by atoms with Gasteiger partial charge in [0.05, 0.1) is 30.5 Å². The molecule has 0 bridgehead atoms. The maximum absolute atomic E-state index is 13.2. The second kappa shape index (κ2) is 14.6. The van der Waals surface area contributed by atoms with E-state index in [0.717, 1.165) is 49.8 Å². The van der Waals surface area contributed by atoms with E-state index < -0.39 is 0 Å². The van der Waals surface area contributed by atoms with E-state index in [9.17, 15) is 9.65 Å². The summed E-state index contributed by atoms with van der Waals surface area (Å²) >= 11 is 0. The van der Waals surface area contributed by atoms with Crippen LogP contribution in [0.1, 0.15) is 81.0 Å². The summed E-state index contributed by atoms with van der Waals surface area (Å²) in [5.74, 6) is 0.955. The highest BCUT2D eigenvalue weighted by atomic mass is 19.1. The maximum atomic E-state index is 13.2. The molecule has 0 aliphatic carbocycles. The van der Waals surface area contributed by atoms with E-state index >= 15 is 0 Å². The van der Waals surface area contributed by atoms with Crippen LogP contribution in [-0.2, 0) is 0 Å². The van der Waals surface area contributed by atoms with Crippen LogP contribution in [0.25, 0.3) is 0 Å². The van der Waals surface area contributed by atoms with Crippen LogP contribution < -0.4 is 10.1 Å². The summed E-state index contributed by atoms with van der Waals surface area (Å²) in [5.41, 5.74) is 3.03. The van der Waals surface area contributed by atoms with Crippen molar-refractivity contribution in [2.45, 2.75) is 77.4 Å². The Morgan fingerprint density at radius 2 is 1.97 bits per heavy atom. The number of unbranched alkanes of at least 4 members (excludes halogenated alkanes) is 2. The highest BCUT2D eigenvalue weighted by molar-refractivity contribution is 5.40. The van der Waals surface area contributed by atoms with Gasteiger partial charge >= 0.3 is 0 Å². The van der Waals surface area contributed by atoms with Gasteiger partial charge in [-0.1, -0.05) is 38.3 Å². The number of rotatable bonds is 13. The first-order chi connectivity index (χ1) is 17.5. The van der Waals surface area contributed by atoms with Crippen LogP contribution in [0.15, 0.2) is 42.5 Å². The van der Waals surface area contributed by atoms with E-state index in [1.165, 1.54) is 30.5 Å². The number of likely N-dealkylation sites (tertiary alicyclic amines) is 1. The summed E-state index contributed by atoms with van der Waals surface area (Å²) in [6.07, 6.45) is 8.32. The number of piperidine rings is 1. The van der Waals surface area contributed by atoms with E-state index in [0.29, 0.717) is 31.2 Å². The van der Waals surface area contributed by atoms with Gasteiger partial charge in [-0.25, -0.2) is 4.39 Å². The highest BCUT2D eigenvalue weighted by Crippen LogP contribution is 2.35. The second-order valence-corrected chi connectivity index (χ2v) is 9.80. The highest BCUT2D eigenvalue weighted by Gasteiger charge is 2.33. The van der Waals surface area contributed by atoms with Gasteiger partial charge in [0.25, 0.3) is 0 Å². The Balaban J connectivity index is 1.71. The zero-order valence-electron chi connectivity index (χ0n) is 21.7. The summed E-state index contributed by atoms with van der Waals surface area (Å²) in [5, 5.41) is 22.2.